The zero-order chi connectivity index (χ0) is 27.9. The van der Waals surface area contributed by atoms with Crippen molar-refractivity contribution in [1.82, 2.24) is 0 Å². The highest BCUT2D eigenvalue weighted by molar-refractivity contribution is 9.10. The molecule has 2 rings (SSSR count). The van der Waals surface area contributed by atoms with Gasteiger partial charge in [-0.15, -0.1) is 11.3 Å². The Labute approximate surface area is 210 Å². The van der Waals surface area contributed by atoms with Gasteiger partial charge in [-0.1, -0.05) is 0 Å². The number of amides is 1. The van der Waals surface area contributed by atoms with E-state index in [1.807, 2.05) is 0 Å². The van der Waals surface area contributed by atoms with E-state index in [1.54, 1.807) is 0 Å². The molecule has 0 aliphatic carbocycles. The third kappa shape index (κ3) is 7.60. The maximum Gasteiger partial charge on any atom is 0.474 e. The summed E-state index contributed by atoms with van der Waals surface area (Å²) in [4.78, 5) is 28.1. The Morgan fingerprint density at radius 1 is 1.17 bits per heavy atom. The third-order valence-electron chi connectivity index (χ3n) is 4.21. The van der Waals surface area contributed by atoms with E-state index in [4.69, 9.17) is 14.5 Å². The number of rotatable bonds is 8. The van der Waals surface area contributed by atoms with Gasteiger partial charge in [0.1, 0.15) is 10.6 Å². The average molecular weight is 656 g/mol. The van der Waals surface area contributed by atoms with Crippen molar-refractivity contribution >= 4 is 60.6 Å². The SMILES string of the molecule is C[S@@](=O)(Cc1cc(OCCCC(F)(F)F)c2sc(C(F)(F)P(=O)(O)O)c(Br)c2c1)=NC(=O)C(F)(F)F. The molecule has 0 fully saturated rings. The standard InChI is InChI=1S/C17H15BrF8NO6PS2/c1-36(32,27-14(28)16(22,23)24)7-8-5-9-11(18)13(17(25,26)34(29,30)31)35-12(9)10(6-8)33-4-2-3-15(19,20)21/h5-6H,2-4,7H2,1H3,(H2,29,30,31)/t36-/m1/s1. The summed E-state index contributed by atoms with van der Waals surface area (Å²) in [7, 11) is -9.92. The first-order valence-corrected chi connectivity index (χ1v) is 14.6. The maximum absolute atomic E-state index is 14.4. The smallest absolute Gasteiger partial charge is 0.474 e. The second kappa shape index (κ2) is 10.4. The fourth-order valence-electron chi connectivity index (χ4n) is 2.74. The number of hydrogen-bond donors (Lipinski definition) is 2. The Bertz CT molecular complexity index is 1330. The van der Waals surface area contributed by atoms with Crippen molar-refractivity contribution in [1.29, 1.82) is 0 Å². The van der Waals surface area contributed by atoms with Gasteiger partial charge in [-0.2, -0.15) is 39.5 Å². The number of carbonyl (C=O) groups excluding carboxylic acids is 1. The van der Waals surface area contributed by atoms with Crippen LogP contribution in [0.4, 0.5) is 35.1 Å². The van der Waals surface area contributed by atoms with Crippen molar-refractivity contribution in [2.24, 2.45) is 4.36 Å². The largest absolute Gasteiger partial charge is 0.492 e. The molecule has 1 atom stereocenters. The van der Waals surface area contributed by atoms with Crippen LogP contribution >= 0.6 is 34.9 Å². The first-order valence-electron chi connectivity index (χ1n) is 9.24. The van der Waals surface area contributed by atoms with Crippen LogP contribution < -0.4 is 4.74 Å². The minimum Gasteiger partial charge on any atom is -0.492 e. The molecule has 0 saturated carbocycles. The van der Waals surface area contributed by atoms with E-state index in [9.17, 15) is 48.7 Å². The van der Waals surface area contributed by atoms with Crippen LogP contribution in [0.2, 0.25) is 0 Å². The van der Waals surface area contributed by atoms with E-state index >= 15 is 0 Å². The van der Waals surface area contributed by atoms with Crippen molar-refractivity contribution in [2.75, 3.05) is 12.9 Å². The predicted octanol–water partition coefficient (Wildman–Crippen LogP) is 6.30. The van der Waals surface area contributed by atoms with Crippen LogP contribution in [0.5, 0.6) is 5.75 Å². The Balaban J connectivity index is 2.62. The fraction of sp³-hybridized carbons (Fsp3) is 0.471. The molecule has 1 amide bonds. The van der Waals surface area contributed by atoms with Crippen molar-refractivity contribution in [3.05, 3.63) is 27.0 Å². The molecule has 2 N–H and O–H groups in total. The lowest BCUT2D eigenvalue weighted by Crippen LogP contribution is -2.22. The van der Waals surface area contributed by atoms with Crippen LogP contribution in [0, 0.1) is 0 Å². The lowest BCUT2D eigenvalue weighted by Gasteiger charge is -2.16. The number of thiophene rings is 1. The van der Waals surface area contributed by atoms with Crippen molar-refractivity contribution in [3.63, 3.8) is 0 Å². The lowest BCUT2D eigenvalue weighted by atomic mass is 10.1. The van der Waals surface area contributed by atoms with Gasteiger partial charge in [-0.25, -0.2) is 4.21 Å². The monoisotopic (exact) mass is 655 g/mol. The van der Waals surface area contributed by atoms with Crippen molar-refractivity contribution < 1.29 is 63.2 Å². The van der Waals surface area contributed by atoms with Gasteiger partial charge in [0.25, 0.3) is 0 Å². The van der Waals surface area contributed by atoms with Crippen molar-refractivity contribution in [2.45, 2.75) is 36.6 Å². The first kappa shape index (κ1) is 30.9. The summed E-state index contributed by atoms with van der Waals surface area (Å²) in [5.41, 5.74) is -4.85. The molecule has 204 valence electrons. The summed E-state index contributed by atoms with van der Waals surface area (Å²) in [5, 5.41) is -0.205. The summed E-state index contributed by atoms with van der Waals surface area (Å²) >= 11 is 2.94. The number of hydrogen-bond acceptors (Lipinski definition) is 5. The van der Waals surface area contributed by atoms with Gasteiger partial charge in [0.15, 0.2) is 0 Å². The minimum absolute atomic E-state index is 0.155. The molecular weight excluding hydrogens is 641 g/mol. The molecule has 1 aromatic heterocycles. The molecule has 0 radical (unpaired) electrons. The molecule has 0 aliphatic heterocycles. The quantitative estimate of drug-likeness (QED) is 0.196. The zero-order valence-electron chi connectivity index (χ0n) is 17.6. The lowest BCUT2D eigenvalue weighted by molar-refractivity contribution is -0.169. The first-order chi connectivity index (χ1) is 16.1. The number of fused-ring (bicyclic) bond motifs is 1. The Morgan fingerprint density at radius 3 is 2.25 bits per heavy atom. The molecule has 0 unspecified atom stereocenters. The van der Waals surface area contributed by atoms with Gasteiger partial charge in [-0.05, 0) is 40.0 Å². The van der Waals surface area contributed by atoms with Crippen LogP contribution in [0.3, 0.4) is 0 Å². The van der Waals surface area contributed by atoms with Crippen LogP contribution in [0.15, 0.2) is 21.0 Å². The van der Waals surface area contributed by atoms with Crippen LogP contribution in [-0.2, 0) is 30.5 Å². The van der Waals surface area contributed by atoms with Gasteiger partial charge in [-0.3, -0.25) is 9.36 Å². The van der Waals surface area contributed by atoms with Gasteiger partial charge in [0, 0.05) is 22.5 Å². The number of ether oxygens (including phenoxy) is 1. The summed E-state index contributed by atoms with van der Waals surface area (Å²) in [5.74, 6) is -3.81. The topological polar surface area (TPSA) is 113 Å². The molecule has 2 aromatic rings. The zero-order valence-corrected chi connectivity index (χ0v) is 21.7. The minimum atomic E-state index is -6.03. The van der Waals surface area contributed by atoms with E-state index < -0.39 is 75.8 Å². The van der Waals surface area contributed by atoms with Crippen LogP contribution in [0.25, 0.3) is 10.1 Å². The van der Waals surface area contributed by atoms with E-state index in [1.165, 1.54) is 0 Å². The maximum atomic E-state index is 14.4. The third-order valence-corrected chi connectivity index (χ3v) is 9.11. The second-order valence-electron chi connectivity index (χ2n) is 7.37. The molecule has 36 heavy (non-hydrogen) atoms. The highest BCUT2D eigenvalue weighted by atomic mass is 79.9. The normalized spacial score (nSPS) is 15.1. The van der Waals surface area contributed by atoms with Gasteiger partial charge in [0.05, 0.1) is 26.8 Å². The Hall–Kier alpha value is -1.33. The van der Waals surface area contributed by atoms with Crippen molar-refractivity contribution in [3.8, 4) is 5.75 Å². The van der Waals surface area contributed by atoms with Crippen LogP contribution in [0.1, 0.15) is 23.3 Å². The number of carbonyl (C=O) groups is 1. The van der Waals surface area contributed by atoms with Gasteiger partial charge in [0.2, 0.25) is 0 Å². The molecule has 0 spiro atoms. The summed E-state index contributed by atoms with van der Waals surface area (Å²) in [6.07, 6.45) is -11.0. The summed E-state index contributed by atoms with van der Waals surface area (Å²) < 4.78 is 135. The van der Waals surface area contributed by atoms with E-state index in [0.29, 0.717) is 0 Å². The van der Waals surface area contributed by atoms with E-state index in [-0.39, 0.29) is 32.7 Å². The molecule has 1 heterocycles. The molecule has 19 heteroatoms. The number of benzene rings is 1. The number of halogens is 9. The van der Waals surface area contributed by atoms with E-state index in [0.717, 1.165) is 18.4 Å². The highest BCUT2D eigenvalue weighted by Crippen LogP contribution is 2.63. The molecular formula is C17H15BrF8NO6PS2. The fourth-order valence-corrected chi connectivity index (χ4v) is 7.02. The summed E-state index contributed by atoms with van der Waals surface area (Å²) in [6.45, 7) is -0.587. The molecule has 0 bridgehead atoms. The van der Waals surface area contributed by atoms with E-state index in [2.05, 4.69) is 20.3 Å². The number of nitrogens with zero attached hydrogens (tertiary/aromatic N) is 1. The molecule has 1 aromatic carbocycles. The number of alkyl halides is 8. The predicted molar refractivity (Wildman–Crippen MR) is 118 cm³/mol. The molecule has 7 nitrogen and oxygen atoms in total. The van der Waals surface area contributed by atoms with Gasteiger partial charge < -0.3 is 14.5 Å². The molecule has 0 saturated heterocycles. The highest BCUT2D eigenvalue weighted by Gasteiger charge is 2.53. The second-order valence-corrected chi connectivity index (χ2v) is 13.2. The van der Waals surface area contributed by atoms with Crippen LogP contribution in [-0.4, -0.2) is 45.1 Å². The van der Waals surface area contributed by atoms with Gasteiger partial charge >= 0.3 is 31.5 Å². The Morgan fingerprint density at radius 2 is 1.75 bits per heavy atom. The Kier molecular flexibility index (Phi) is 8.96. The average Bonchev–Trinajstić information content (AvgIpc) is 2.99. The summed E-state index contributed by atoms with van der Waals surface area (Å²) in [6, 6.07) is 2.03. The molecule has 0 aliphatic rings.